The Morgan fingerprint density at radius 2 is 2.05 bits per heavy atom. The molecule has 0 heterocycles. The maximum Gasteiger partial charge on any atom is 0.124 e. The molecule has 0 radical (unpaired) electrons. The van der Waals surface area contributed by atoms with Crippen LogP contribution in [0.4, 0.5) is 5.69 Å². The monoisotopic (exact) mass is 354 g/mol. The highest BCUT2D eigenvalue weighted by atomic mass is 79.9. The lowest BCUT2D eigenvalue weighted by atomic mass is 10.1. The van der Waals surface area contributed by atoms with Crippen molar-refractivity contribution in [3.8, 4) is 5.75 Å². The fourth-order valence-electron chi connectivity index (χ4n) is 2.01. The largest absolute Gasteiger partial charge is 0.496 e. The molecule has 1 atom stereocenters. The molecule has 3 N–H and O–H groups in total. The Balaban J connectivity index is 2.33. The number of nitrogens with one attached hydrogen (secondary N) is 1. The summed E-state index contributed by atoms with van der Waals surface area (Å²) in [5.74, 6) is 0.795. The van der Waals surface area contributed by atoms with E-state index in [1.54, 1.807) is 7.11 Å². The second-order valence-electron chi connectivity index (χ2n) is 4.30. The van der Waals surface area contributed by atoms with Gasteiger partial charge in [-0.25, -0.2) is 0 Å². The topological polar surface area (TPSA) is 47.3 Å². The highest BCUT2D eigenvalue weighted by molar-refractivity contribution is 9.10. The third-order valence-electron chi connectivity index (χ3n) is 3.01. The molecule has 2 rings (SSSR count). The van der Waals surface area contributed by atoms with E-state index in [4.69, 9.17) is 22.1 Å². The Bertz CT molecular complexity index is 592. The Morgan fingerprint density at radius 3 is 2.70 bits per heavy atom. The van der Waals surface area contributed by atoms with E-state index in [2.05, 4.69) is 21.2 Å². The lowest BCUT2D eigenvalue weighted by Gasteiger charge is -2.21. The number of hydrogen-bond acceptors (Lipinski definition) is 3. The Kier molecular flexibility index (Phi) is 5.29. The van der Waals surface area contributed by atoms with Gasteiger partial charge in [-0.3, -0.25) is 0 Å². The van der Waals surface area contributed by atoms with Crippen LogP contribution in [0.5, 0.6) is 5.75 Å². The van der Waals surface area contributed by atoms with E-state index < -0.39 is 0 Å². The number of halogens is 2. The van der Waals surface area contributed by atoms with E-state index in [9.17, 15) is 0 Å². The summed E-state index contributed by atoms with van der Waals surface area (Å²) in [6.07, 6.45) is 0. The highest BCUT2D eigenvalue weighted by Gasteiger charge is 2.16. The van der Waals surface area contributed by atoms with Crippen molar-refractivity contribution in [1.29, 1.82) is 0 Å². The van der Waals surface area contributed by atoms with Gasteiger partial charge in [0.2, 0.25) is 0 Å². The van der Waals surface area contributed by atoms with Crippen molar-refractivity contribution in [2.75, 3.05) is 19.0 Å². The summed E-state index contributed by atoms with van der Waals surface area (Å²) in [6, 6.07) is 13.4. The fraction of sp³-hybridized carbons (Fsp3) is 0.200. The number of anilines is 1. The predicted molar refractivity (Wildman–Crippen MR) is 87.6 cm³/mol. The van der Waals surface area contributed by atoms with Gasteiger partial charge in [-0.2, -0.15) is 0 Å². The molecule has 2 aromatic rings. The van der Waals surface area contributed by atoms with Gasteiger partial charge < -0.3 is 15.8 Å². The molecule has 1 unspecified atom stereocenters. The molecule has 106 valence electrons. The molecular formula is C15H16BrClN2O. The fourth-order valence-corrected chi connectivity index (χ4v) is 2.58. The molecule has 0 saturated heterocycles. The number of ether oxygens (including phenoxy) is 1. The van der Waals surface area contributed by atoms with E-state index in [0.29, 0.717) is 11.6 Å². The van der Waals surface area contributed by atoms with Crippen LogP contribution >= 0.6 is 27.5 Å². The first kappa shape index (κ1) is 15.2. The Labute approximate surface area is 132 Å². The zero-order chi connectivity index (χ0) is 14.5. The summed E-state index contributed by atoms with van der Waals surface area (Å²) in [5.41, 5.74) is 7.74. The van der Waals surface area contributed by atoms with E-state index in [0.717, 1.165) is 21.5 Å². The number of hydrogen-bond donors (Lipinski definition) is 2. The Hall–Kier alpha value is -1.23. The predicted octanol–water partition coefficient (Wildman–Crippen LogP) is 4.22. The van der Waals surface area contributed by atoms with E-state index in [1.165, 1.54) is 0 Å². The van der Waals surface area contributed by atoms with Crippen LogP contribution in [0.3, 0.4) is 0 Å². The third kappa shape index (κ3) is 3.45. The van der Waals surface area contributed by atoms with Crippen LogP contribution < -0.4 is 15.8 Å². The van der Waals surface area contributed by atoms with E-state index in [1.807, 2.05) is 42.5 Å². The van der Waals surface area contributed by atoms with Gasteiger partial charge in [0.05, 0.1) is 23.9 Å². The third-order valence-corrected chi connectivity index (χ3v) is 3.83. The van der Waals surface area contributed by atoms with Crippen LogP contribution in [0.1, 0.15) is 11.6 Å². The molecule has 0 fully saturated rings. The molecule has 0 bridgehead atoms. The van der Waals surface area contributed by atoms with Crippen LogP contribution in [0.25, 0.3) is 0 Å². The lowest BCUT2D eigenvalue weighted by molar-refractivity contribution is 0.407. The van der Waals surface area contributed by atoms with Crippen LogP contribution in [-0.4, -0.2) is 13.7 Å². The summed E-state index contributed by atoms with van der Waals surface area (Å²) in [6.45, 7) is 0.429. The minimum atomic E-state index is -0.0812. The van der Waals surface area contributed by atoms with Gasteiger partial charge in [-0.15, -0.1) is 0 Å². The standard InChI is InChI=1S/C15H16BrClN2O/c1-20-15-7-6-10(16)8-11(15)14(9-18)19-13-5-3-2-4-12(13)17/h2-8,14,19H,9,18H2,1H3. The summed E-state index contributed by atoms with van der Waals surface area (Å²) in [7, 11) is 1.65. The zero-order valence-corrected chi connectivity index (χ0v) is 13.4. The normalized spacial score (nSPS) is 12.0. The van der Waals surface area contributed by atoms with Crippen molar-refractivity contribution < 1.29 is 4.74 Å². The van der Waals surface area contributed by atoms with Gasteiger partial charge in [0.25, 0.3) is 0 Å². The van der Waals surface area contributed by atoms with Gasteiger partial charge in [0, 0.05) is 16.6 Å². The minimum Gasteiger partial charge on any atom is -0.496 e. The number of benzene rings is 2. The smallest absolute Gasteiger partial charge is 0.124 e. The SMILES string of the molecule is COc1ccc(Br)cc1C(CN)Nc1ccccc1Cl. The van der Waals surface area contributed by atoms with Crippen molar-refractivity contribution in [2.24, 2.45) is 5.73 Å². The second kappa shape index (κ2) is 6.97. The number of methoxy groups -OCH3 is 1. The van der Waals surface area contributed by atoms with E-state index >= 15 is 0 Å². The van der Waals surface area contributed by atoms with Crippen molar-refractivity contribution in [3.05, 3.63) is 57.5 Å². The molecule has 5 heteroatoms. The maximum atomic E-state index is 6.17. The molecule has 3 nitrogen and oxygen atoms in total. The molecule has 0 aromatic heterocycles. The van der Waals surface area contributed by atoms with Crippen molar-refractivity contribution >= 4 is 33.2 Å². The second-order valence-corrected chi connectivity index (χ2v) is 5.62. The lowest BCUT2D eigenvalue weighted by Crippen LogP contribution is -2.21. The van der Waals surface area contributed by atoms with Gasteiger partial charge in [-0.1, -0.05) is 39.7 Å². The van der Waals surface area contributed by atoms with Gasteiger partial charge in [-0.05, 0) is 30.3 Å². The molecule has 0 aliphatic rings. The van der Waals surface area contributed by atoms with Crippen LogP contribution in [0, 0.1) is 0 Å². The maximum absolute atomic E-state index is 6.17. The Morgan fingerprint density at radius 1 is 1.30 bits per heavy atom. The molecule has 0 spiro atoms. The van der Waals surface area contributed by atoms with Crippen LogP contribution in [0.2, 0.25) is 5.02 Å². The molecular weight excluding hydrogens is 340 g/mol. The summed E-state index contributed by atoms with van der Waals surface area (Å²) >= 11 is 9.65. The first-order chi connectivity index (χ1) is 9.65. The number of rotatable bonds is 5. The van der Waals surface area contributed by atoms with Gasteiger partial charge in [0.1, 0.15) is 5.75 Å². The summed E-state index contributed by atoms with van der Waals surface area (Å²) < 4.78 is 6.38. The first-order valence-electron chi connectivity index (χ1n) is 6.20. The molecule has 0 amide bonds. The molecule has 2 aromatic carbocycles. The number of para-hydroxylation sites is 1. The van der Waals surface area contributed by atoms with Crippen LogP contribution in [0.15, 0.2) is 46.9 Å². The zero-order valence-electron chi connectivity index (χ0n) is 11.1. The highest BCUT2D eigenvalue weighted by Crippen LogP contribution is 2.32. The average Bonchev–Trinajstić information content (AvgIpc) is 2.46. The summed E-state index contributed by atoms with van der Waals surface area (Å²) in [4.78, 5) is 0. The minimum absolute atomic E-state index is 0.0812. The van der Waals surface area contributed by atoms with E-state index in [-0.39, 0.29) is 6.04 Å². The molecule has 0 saturated carbocycles. The first-order valence-corrected chi connectivity index (χ1v) is 7.37. The summed E-state index contributed by atoms with van der Waals surface area (Å²) in [5, 5.41) is 4.02. The van der Waals surface area contributed by atoms with Gasteiger partial charge >= 0.3 is 0 Å². The quantitative estimate of drug-likeness (QED) is 0.844. The molecule has 20 heavy (non-hydrogen) atoms. The molecule has 0 aliphatic carbocycles. The van der Waals surface area contributed by atoms with Gasteiger partial charge in [0.15, 0.2) is 0 Å². The average molecular weight is 356 g/mol. The van der Waals surface area contributed by atoms with Crippen molar-refractivity contribution in [1.82, 2.24) is 0 Å². The van der Waals surface area contributed by atoms with Crippen molar-refractivity contribution in [3.63, 3.8) is 0 Å². The van der Waals surface area contributed by atoms with Crippen LogP contribution in [-0.2, 0) is 0 Å². The molecule has 0 aliphatic heterocycles. The number of nitrogens with two attached hydrogens (primary N) is 1. The van der Waals surface area contributed by atoms with Crippen molar-refractivity contribution in [2.45, 2.75) is 6.04 Å².